The van der Waals surface area contributed by atoms with Crippen molar-refractivity contribution in [1.82, 2.24) is 24.6 Å². The molecule has 1 saturated heterocycles. The molecule has 2 atom stereocenters. The lowest BCUT2D eigenvalue weighted by atomic mass is 9.95. The van der Waals surface area contributed by atoms with Gasteiger partial charge in [0.15, 0.2) is 11.0 Å². The van der Waals surface area contributed by atoms with E-state index in [2.05, 4.69) is 48.9 Å². The molecule has 2 fully saturated rings. The van der Waals surface area contributed by atoms with Gasteiger partial charge in [0.25, 0.3) is 0 Å². The van der Waals surface area contributed by atoms with Crippen LogP contribution < -0.4 is 0 Å². The van der Waals surface area contributed by atoms with E-state index in [0.717, 1.165) is 64.3 Å². The molecular weight excluding hydrogens is 442 g/mol. The van der Waals surface area contributed by atoms with Gasteiger partial charge in [0.2, 0.25) is 0 Å². The number of hydrogen-bond donors (Lipinski definition) is 1. The Kier molecular flexibility index (Phi) is 5.34. The number of aromatic hydroxyl groups is 1. The second-order valence-electron chi connectivity index (χ2n) is 9.73. The molecule has 2 aromatic heterocycles. The minimum Gasteiger partial charge on any atom is -0.508 e. The standard InChI is InChI=1S/C27H29N5OS/c1-18-7-12-22-23(5-3-6-24(22)28-18)25-29-30-26(31(25)2)34-14-4-13-32-16-20-15-27(20,17-32)19-8-10-21(33)11-9-19/h3,5-12,20,33H,4,13-17H2,1-2H3. The smallest absolute Gasteiger partial charge is 0.191 e. The number of benzene rings is 2. The van der Waals surface area contributed by atoms with Gasteiger partial charge in [0, 0.05) is 47.9 Å². The van der Waals surface area contributed by atoms with E-state index < -0.39 is 0 Å². The normalized spacial score (nSPS) is 21.8. The fourth-order valence-corrected chi connectivity index (χ4v) is 6.41. The van der Waals surface area contributed by atoms with Gasteiger partial charge in [-0.3, -0.25) is 4.98 Å². The molecule has 6 nitrogen and oxygen atoms in total. The molecule has 2 aromatic carbocycles. The summed E-state index contributed by atoms with van der Waals surface area (Å²) < 4.78 is 2.10. The molecule has 4 aromatic rings. The highest BCUT2D eigenvalue weighted by Crippen LogP contribution is 2.59. The predicted molar refractivity (Wildman–Crippen MR) is 136 cm³/mol. The van der Waals surface area contributed by atoms with E-state index >= 15 is 0 Å². The molecule has 0 spiro atoms. The Morgan fingerprint density at radius 3 is 2.79 bits per heavy atom. The van der Waals surface area contributed by atoms with Gasteiger partial charge in [-0.15, -0.1) is 10.2 Å². The predicted octanol–water partition coefficient (Wildman–Crippen LogP) is 4.80. The van der Waals surface area contributed by atoms with Gasteiger partial charge >= 0.3 is 0 Å². The van der Waals surface area contributed by atoms with E-state index in [-0.39, 0.29) is 0 Å². The van der Waals surface area contributed by atoms with Crippen LogP contribution in [-0.4, -0.2) is 55.1 Å². The summed E-state index contributed by atoms with van der Waals surface area (Å²) in [6.45, 7) is 5.45. The van der Waals surface area contributed by atoms with Crippen molar-refractivity contribution in [3.8, 4) is 17.1 Å². The third kappa shape index (κ3) is 3.77. The minimum absolute atomic E-state index is 0.325. The first kappa shape index (κ1) is 21.6. The van der Waals surface area contributed by atoms with E-state index in [0.29, 0.717) is 11.2 Å². The molecule has 0 radical (unpaired) electrons. The average molecular weight is 472 g/mol. The van der Waals surface area contributed by atoms with Crippen LogP contribution in [0.25, 0.3) is 22.3 Å². The van der Waals surface area contributed by atoms with Gasteiger partial charge in [-0.2, -0.15) is 0 Å². The highest BCUT2D eigenvalue weighted by Gasteiger charge is 2.60. The third-order valence-electron chi connectivity index (χ3n) is 7.46. The maximum Gasteiger partial charge on any atom is 0.191 e. The van der Waals surface area contributed by atoms with E-state index in [4.69, 9.17) is 0 Å². The Morgan fingerprint density at radius 2 is 1.94 bits per heavy atom. The molecule has 34 heavy (non-hydrogen) atoms. The number of phenols is 1. The summed E-state index contributed by atoms with van der Waals surface area (Å²) >= 11 is 1.78. The molecular formula is C27H29N5OS. The molecule has 2 unspecified atom stereocenters. The van der Waals surface area contributed by atoms with Crippen LogP contribution in [0.1, 0.15) is 24.1 Å². The summed E-state index contributed by atoms with van der Waals surface area (Å²) in [6.07, 6.45) is 2.41. The molecule has 0 bridgehead atoms. The molecule has 1 aliphatic carbocycles. The van der Waals surface area contributed by atoms with E-state index in [1.807, 2.05) is 44.3 Å². The summed E-state index contributed by atoms with van der Waals surface area (Å²) in [4.78, 5) is 7.26. The zero-order chi connectivity index (χ0) is 23.3. The second-order valence-corrected chi connectivity index (χ2v) is 10.8. The Hall–Kier alpha value is -2.90. The molecule has 1 aliphatic heterocycles. The van der Waals surface area contributed by atoms with Gasteiger partial charge in [-0.1, -0.05) is 42.1 Å². The van der Waals surface area contributed by atoms with E-state index in [1.165, 1.54) is 18.5 Å². The Balaban J connectivity index is 1.06. The van der Waals surface area contributed by atoms with Crippen LogP contribution in [0.2, 0.25) is 0 Å². The molecule has 1 N–H and O–H groups in total. The monoisotopic (exact) mass is 471 g/mol. The van der Waals surface area contributed by atoms with Crippen molar-refractivity contribution >= 4 is 22.7 Å². The fraction of sp³-hybridized carbons (Fsp3) is 0.370. The van der Waals surface area contributed by atoms with Crippen LogP contribution in [0, 0.1) is 12.8 Å². The van der Waals surface area contributed by atoms with Crippen LogP contribution in [-0.2, 0) is 12.5 Å². The van der Waals surface area contributed by atoms with Crippen LogP contribution in [0.3, 0.4) is 0 Å². The Morgan fingerprint density at radius 1 is 1.09 bits per heavy atom. The zero-order valence-electron chi connectivity index (χ0n) is 19.6. The number of aryl methyl sites for hydroxylation is 1. The number of pyridine rings is 1. The number of likely N-dealkylation sites (tertiary alicyclic amines) is 1. The molecule has 3 heterocycles. The molecule has 6 rings (SSSR count). The first-order valence-electron chi connectivity index (χ1n) is 11.9. The summed E-state index contributed by atoms with van der Waals surface area (Å²) in [6, 6.07) is 18.2. The van der Waals surface area contributed by atoms with Crippen molar-refractivity contribution in [2.45, 2.75) is 30.3 Å². The minimum atomic E-state index is 0.325. The molecule has 1 saturated carbocycles. The van der Waals surface area contributed by atoms with Crippen molar-refractivity contribution in [2.24, 2.45) is 13.0 Å². The number of aromatic nitrogens is 4. The fourth-order valence-electron chi connectivity index (χ4n) is 5.58. The van der Waals surface area contributed by atoms with Crippen molar-refractivity contribution in [2.75, 3.05) is 25.4 Å². The van der Waals surface area contributed by atoms with Crippen molar-refractivity contribution in [1.29, 1.82) is 0 Å². The van der Waals surface area contributed by atoms with Gasteiger partial charge in [0.05, 0.1) is 5.52 Å². The first-order valence-corrected chi connectivity index (χ1v) is 12.9. The molecule has 174 valence electrons. The Bertz CT molecular complexity index is 1350. The third-order valence-corrected chi connectivity index (χ3v) is 8.56. The van der Waals surface area contributed by atoms with Crippen LogP contribution >= 0.6 is 11.8 Å². The topological polar surface area (TPSA) is 67.1 Å². The molecule has 7 heteroatoms. The van der Waals surface area contributed by atoms with Crippen LogP contribution in [0.5, 0.6) is 5.75 Å². The first-order chi connectivity index (χ1) is 16.5. The largest absolute Gasteiger partial charge is 0.508 e. The Labute approximate surface area is 204 Å². The van der Waals surface area contributed by atoms with Crippen LogP contribution in [0.15, 0.2) is 59.8 Å². The highest BCUT2D eigenvalue weighted by atomic mass is 32.2. The maximum absolute atomic E-state index is 9.60. The summed E-state index contributed by atoms with van der Waals surface area (Å²) in [7, 11) is 2.05. The number of phenolic OH excluding ortho intramolecular Hbond substituents is 1. The van der Waals surface area contributed by atoms with Crippen molar-refractivity contribution in [3.05, 3.63) is 65.9 Å². The van der Waals surface area contributed by atoms with Gasteiger partial charge in [-0.05, 0) is 62.1 Å². The van der Waals surface area contributed by atoms with Gasteiger partial charge in [-0.25, -0.2) is 0 Å². The van der Waals surface area contributed by atoms with Crippen molar-refractivity contribution in [3.63, 3.8) is 0 Å². The zero-order valence-corrected chi connectivity index (χ0v) is 20.4. The van der Waals surface area contributed by atoms with Gasteiger partial charge < -0.3 is 14.6 Å². The van der Waals surface area contributed by atoms with Gasteiger partial charge in [0.1, 0.15) is 5.75 Å². The maximum atomic E-state index is 9.60. The summed E-state index contributed by atoms with van der Waals surface area (Å²) in [5, 5.41) is 20.7. The van der Waals surface area contributed by atoms with Crippen molar-refractivity contribution < 1.29 is 5.11 Å². The number of thioether (sulfide) groups is 1. The average Bonchev–Trinajstić information content (AvgIpc) is 3.21. The lowest BCUT2D eigenvalue weighted by molar-refractivity contribution is 0.299. The second kappa shape index (κ2) is 8.40. The number of piperidine rings is 1. The number of rotatable bonds is 7. The summed E-state index contributed by atoms with van der Waals surface area (Å²) in [5.74, 6) is 3.03. The highest BCUT2D eigenvalue weighted by molar-refractivity contribution is 7.99. The number of nitrogens with zero attached hydrogens (tertiary/aromatic N) is 5. The summed E-state index contributed by atoms with van der Waals surface area (Å²) in [5.41, 5.74) is 4.79. The molecule has 0 amide bonds. The lowest BCUT2D eigenvalue weighted by Gasteiger charge is -2.21. The van der Waals surface area contributed by atoms with E-state index in [9.17, 15) is 5.11 Å². The SMILES string of the molecule is Cc1ccc2c(-c3nnc(SCCCN4CC5CC5(c5ccc(O)cc5)C4)n3C)cccc2n1. The van der Waals surface area contributed by atoms with Crippen LogP contribution in [0.4, 0.5) is 0 Å². The number of fused-ring (bicyclic) bond motifs is 2. The van der Waals surface area contributed by atoms with E-state index in [1.54, 1.807) is 11.8 Å². The number of hydrogen-bond acceptors (Lipinski definition) is 6. The molecule has 2 aliphatic rings. The quantitative estimate of drug-likeness (QED) is 0.309. The lowest BCUT2D eigenvalue weighted by Crippen LogP contribution is -2.27.